The number of carboxylic acids is 2. The predicted octanol–water partition coefficient (Wildman–Crippen LogP) is 3.78. The maximum atomic E-state index is 15.6. The minimum absolute atomic E-state index is 0.0134. The molecule has 0 amide bonds. The van der Waals surface area contributed by atoms with Crippen molar-refractivity contribution < 1.29 is 41.8 Å². The van der Waals surface area contributed by atoms with Gasteiger partial charge in [0.05, 0.1) is 34.0 Å². The lowest BCUT2D eigenvalue weighted by atomic mass is 10.0. The Hall–Kier alpha value is -5.23. The number of anilines is 3. The molecule has 0 unspecified atom stereocenters. The molecule has 18 heteroatoms. The van der Waals surface area contributed by atoms with E-state index in [0.29, 0.717) is 39.3 Å². The summed E-state index contributed by atoms with van der Waals surface area (Å²) in [5.41, 5.74) is 1.32. The van der Waals surface area contributed by atoms with E-state index < -0.39 is 80.3 Å². The molecular weight excluding hydrogens is 721 g/mol. The van der Waals surface area contributed by atoms with Crippen molar-refractivity contribution in [3.8, 4) is 0 Å². The largest absolute Gasteiger partial charge is 0.477 e. The van der Waals surface area contributed by atoms with E-state index in [1.165, 1.54) is 4.57 Å². The minimum Gasteiger partial charge on any atom is -0.477 e. The van der Waals surface area contributed by atoms with E-state index in [4.69, 9.17) is 10.8 Å². The van der Waals surface area contributed by atoms with E-state index in [2.05, 4.69) is 5.32 Å². The van der Waals surface area contributed by atoms with Gasteiger partial charge < -0.3 is 45.1 Å². The second-order valence-electron chi connectivity index (χ2n) is 14.1. The van der Waals surface area contributed by atoms with Crippen LogP contribution in [-0.2, 0) is 6.54 Å². The molecule has 54 heavy (non-hydrogen) atoms. The number of pyridine rings is 2. The summed E-state index contributed by atoms with van der Waals surface area (Å²) in [6.45, 7) is 5.39. The number of nitrogens with two attached hydrogens (primary N) is 1. The van der Waals surface area contributed by atoms with Crippen molar-refractivity contribution in [3.63, 3.8) is 0 Å². The van der Waals surface area contributed by atoms with Gasteiger partial charge in [0.2, 0.25) is 10.9 Å². The summed E-state index contributed by atoms with van der Waals surface area (Å²) in [4.78, 5) is 52.8. The number of piperazine rings is 2. The fourth-order valence-electron chi connectivity index (χ4n) is 7.35. The van der Waals surface area contributed by atoms with E-state index in [0.717, 1.165) is 35.9 Å². The summed E-state index contributed by atoms with van der Waals surface area (Å²) in [5, 5.41) is 21.0. The van der Waals surface area contributed by atoms with Crippen LogP contribution in [0.4, 0.5) is 39.0 Å². The van der Waals surface area contributed by atoms with Gasteiger partial charge in [-0.05, 0) is 39.8 Å². The normalized spacial score (nSPS) is 19.3. The van der Waals surface area contributed by atoms with Crippen LogP contribution in [0, 0.1) is 23.3 Å². The number of fused-ring (bicyclic) bond motifs is 2. The van der Waals surface area contributed by atoms with Gasteiger partial charge in [-0.3, -0.25) is 9.59 Å². The van der Waals surface area contributed by atoms with E-state index in [1.54, 1.807) is 9.80 Å². The minimum atomic E-state index is -1.53. The molecule has 2 aliphatic heterocycles. The van der Waals surface area contributed by atoms with Gasteiger partial charge in [0.25, 0.3) is 0 Å². The Morgan fingerprint density at radius 2 is 1.41 bits per heavy atom. The molecule has 7 rings (SSSR count). The Labute approximate surface area is 304 Å². The standard InChI is InChI=1S/C19H22F2N4O3.C17H18F3N3O3/c1-8-5-24(6-9(2)23-8)17-13(20)15(22)12-16(14(17)21)25(10-3-4-10)7-11(18(12)26)19(27)28;1-21-4-6-22(7-5-21)15-12(19)8-10-14(13(15)20)23(3-2-18)9-11(16(10)24)17(25)26/h7-10,23H,3-6,22H2,1-2H3,(H,27,28);8-9H,2-7H2,1H3,(H,25,26)/t8-,9+;. The van der Waals surface area contributed by atoms with Crippen molar-refractivity contribution in [1.82, 2.24) is 19.4 Å². The molecule has 3 aliphatic rings. The smallest absolute Gasteiger partial charge is 0.341 e. The summed E-state index contributed by atoms with van der Waals surface area (Å²) in [5.74, 6) is -6.79. The number of halogens is 5. The number of hydrogen-bond acceptors (Lipinski definition) is 9. The average molecular weight is 762 g/mol. The molecule has 3 fully saturated rings. The Balaban J connectivity index is 0.000000185. The van der Waals surface area contributed by atoms with Crippen LogP contribution in [0.1, 0.15) is 53.4 Å². The number of nitrogens with zero attached hydrogens (tertiary/aromatic N) is 5. The Bertz CT molecular complexity index is 2280. The molecule has 0 radical (unpaired) electrons. The van der Waals surface area contributed by atoms with Crippen LogP contribution >= 0.6 is 0 Å². The van der Waals surface area contributed by atoms with Crippen molar-refractivity contribution in [2.24, 2.45) is 0 Å². The Morgan fingerprint density at radius 3 is 1.96 bits per heavy atom. The second kappa shape index (κ2) is 14.9. The van der Waals surface area contributed by atoms with Crippen LogP contribution in [0.5, 0.6) is 0 Å². The first-order valence-electron chi connectivity index (χ1n) is 17.4. The molecule has 2 saturated heterocycles. The highest BCUT2D eigenvalue weighted by Crippen LogP contribution is 2.42. The predicted molar refractivity (Wildman–Crippen MR) is 193 cm³/mol. The summed E-state index contributed by atoms with van der Waals surface area (Å²) in [6, 6.07) is 0.739. The van der Waals surface area contributed by atoms with E-state index in [9.17, 15) is 33.1 Å². The van der Waals surface area contributed by atoms with Crippen molar-refractivity contribution in [3.05, 3.63) is 73.3 Å². The Kier molecular flexibility index (Phi) is 10.6. The summed E-state index contributed by atoms with van der Waals surface area (Å²) < 4.78 is 76.0. The highest BCUT2D eigenvalue weighted by molar-refractivity contribution is 6.00. The number of benzene rings is 2. The van der Waals surface area contributed by atoms with Crippen LogP contribution in [0.15, 0.2) is 28.0 Å². The highest BCUT2D eigenvalue weighted by Gasteiger charge is 2.34. The molecule has 0 spiro atoms. The van der Waals surface area contributed by atoms with Crippen molar-refractivity contribution in [1.29, 1.82) is 0 Å². The fraction of sp³-hybridized carbons (Fsp3) is 0.444. The van der Waals surface area contributed by atoms with Crippen LogP contribution < -0.4 is 31.7 Å². The maximum absolute atomic E-state index is 15.6. The Morgan fingerprint density at radius 1 is 0.833 bits per heavy atom. The monoisotopic (exact) mass is 761 g/mol. The van der Waals surface area contributed by atoms with E-state index >= 15 is 13.2 Å². The van der Waals surface area contributed by atoms with Gasteiger partial charge in [-0.2, -0.15) is 0 Å². The number of carbonyl (C=O) groups is 2. The zero-order chi connectivity index (χ0) is 39.3. The van der Waals surface area contributed by atoms with Crippen LogP contribution in [0.2, 0.25) is 0 Å². The van der Waals surface area contributed by atoms with E-state index in [1.807, 2.05) is 25.8 Å². The van der Waals surface area contributed by atoms with Gasteiger partial charge in [0.1, 0.15) is 35.0 Å². The van der Waals surface area contributed by atoms with Gasteiger partial charge >= 0.3 is 11.9 Å². The first-order valence-corrected chi connectivity index (χ1v) is 17.4. The molecule has 2 aromatic carbocycles. The number of nitrogen functional groups attached to an aromatic ring is 1. The lowest BCUT2D eigenvalue weighted by Crippen LogP contribution is -2.54. The van der Waals surface area contributed by atoms with Crippen LogP contribution in [-0.4, -0.2) is 101 Å². The third kappa shape index (κ3) is 6.95. The second-order valence-corrected chi connectivity index (χ2v) is 14.1. The van der Waals surface area contributed by atoms with Crippen molar-refractivity contribution in [2.75, 3.05) is 68.5 Å². The molecular formula is C36H40F5N7O6. The molecule has 13 nitrogen and oxygen atoms in total. The molecule has 5 N–H and O–H groups in total. The number of hydrogen-bond donors (Lipinski definition) is 4. The zero-order valence-electron chi connectivity index (χ0n) is 29.8. The average Bonchev–Trinajstić information content (AvgIpc) is 3.95. The third-order valence-electron chi connectivity index (χ3n) is 10.0. The number of carboxylic acid groups (broad SMARTS) is 2. The number of nitrogens with one attached hydrogen (secondary N) is 1. The fourth-order valence-corrected chi connectivity index (χ4v) is 7.35. The molecule has 1 aliphatic carbocycles. The van der Waals surface area contributed by atoms with Gasteiger partial charge in [-0.15, -0.1) is 0 Å². The summed E-state index contributed by atoms with van der Waals surface area (Å²) in [7, 11) is 1.90. The third-order valence-corrected chi connectivity index (χ3v) is 10.0. The lowest BCUT2D eigenvalue weighted by molar-refractivity contribution is 0.0684. The number of aromatic carboxylic acids is 2. The quantitative estimate of drug-likeness (QED) is 0.160. The van der Waals surface area contributed by atoms with Crippen molar-refractivity contribution in [2.45, 2.75) is 51.4 Å². The highest BCUT2D eigenvalue weighted by atomic mass is 19.1. The molecule has 2 atom stereocenters. The van der Waals surface area contributed by atoms with Gasteiger partial charge in [0.15, 0.2) is 17.5 Å². The lowest BCUT2D eigenvalue weighted by Gasteiger charge is -2.38. The van der Waals surface area contributed by atoms with E-state index in [-0.39, 0.29) is 47.1 Å². The molecule has 4 aromatic rings. The number of aromatic nitrogens is 2. The number of aryl methyl sites for hydroxylation is 1. The van der Waals surface area contributed by atoms with Gasteiger partial charge in [-0.1, -0.05) is 0 Å². The topological polar surface area (TPSA) is 166 Å². The first-order chi connectivity index (χ1) is 25.5. The SMILES string of the molecule is CN1CCN(c2c(F)cc3c(=O)c(C(=O)O)cn(CCF)c3c2F)CC1.C[C@@H]1CN(c2c(F)c(N)c3c(=O)c(C(=O)O)cn(C4CC4)c3c2F)C[C@H](C)N1. The number of rotatable bonds is 7. The molecule has 0 bridgehead atoms. The zero-order valence-corrected chi connectivity index (χ0v) is 29.8. The maximum Gasteiger partial charge on any atom is 0.341 e. The summed E-state index contributed by atoms with van der Waals surface area (Å²) >= 11 is 0. The number of alkyl halides is 1. The number of likely N-dealkylation sites (N-methyl/N-ethyl adjacent to an activating group) is 1. The van der Waals surface area contributed by atoms with Crippen LogP contribution in [0.25, 0.3) is 21.8 Å². The molecule has 4 heterocycles. The van der Waals surface area contributed by atoms with Crippen LogP contribution in [0.3, 0.4) is 0 Å². The molecule has 2 aromatic heterocycles. The molecule has 1 saturated carbocycles. The first kappa shape index (κ1) is 38.5. The van der Waals surface area contributed by atoms with Gasteiger partial charge in [0, 0.05) is 69.8 Å². The van der Waals surface area contributed by atoms with Crippen molar-refractivity contribution >= 4 is 50.8 Å². The van der Waals surface area contributed by atoms with Gasteiger partial charge in [-0.25, -0.2) is 31.5 Å². The molecule has 290 valence electrons. The summed E-state index contributed by atoms with van der Waals surface area (Å²) in [6.07, 6.45) is 3.51.